The number of hydrogen-bond acceptors (Lipinski definition) is 16. The number of ether oxygens (including phenoxy) is 8. The summed E-state index contributed by atoms with van der Waals surface area (Å²) in [5.41, 5.74) is 4.90. The van der Waals surface area contributed by atoms with Crippen LogP contribution in [0, 0.1) is 29.6 Å². The number of rotatable bonds is 15. The van der Waals surface area contributed by atoms with Gasteiger partial charge in [-0.1, -0.05) is 79.0 Å². The number of methoxy groups -OCH3 is 2. The lowest BCUT2D eigenvalue weighted by atomic mass is 9.69. The quantitative estimate of drug-likeness (QED) is 0.0416. The molecule has 348 valence electrons. The van der Waals surface area contributed by atoms with Crippen molar-refractivity contribution in [1.29, 1.82) is 10.5 Å². The van der Waals surface area contributed by atoms with Gasteiger partial charge in [-0.15, -0.1) is 0 Å². The summed E-state index contributed by atoms with van der Waals surface area (Å²) >= 11 is 2.14. The van der Waals surface area contributed by atoms with Crippen molar-refractivity contribution in [3.8, 4) is 35.1 Å². The lowest BCUT2D eigenvalue weighted by Gasteiger charge is -2.36. The molecule has 1 heterocycles. The van der Waals surface area contributed by atoms with Gasteiger partial charge >= 0.3 is 24.2 Å². The number of esters is 2. The van der Waals surface area contributed by atoms with Crippen LogP contribution in [-0.2, 0) is 18.9 Å². The van der Waals surface area contributed by atoms with E-state index in [0.717, 1.165) is 45.8 Å². The summed E-state index contributed by atoms with van der Waals surface area (Å²) in [6, 6.07) is 31.3. The van der Waals surface area contributed by atoms with Gasteiger partial charge in [-0.25, -0.2) is 19.2 Å². The third-order valence-electron chi connectivity index (χ3n) is 11.5. The van der Waals surface area contributed by atoms with Crippen LogP contribution in [0.4, 0.5) is 9.59 Å². The van der Waals surface area contributed by atoms with Crippen LogP contribution in [0.2, 0.25) is 0 Å². The van der Waals surface area contributed by atoms with Crippen LogP contribution < -0.4 is 18.9 Å². The van der Waals surface area contributed by atoms with E-state index in [4.69, 9.17) is 37.9 Å². The van der Waals surface area contributed by atoms with Crippen molar-refractivity contribution in [3.63, 3.8) is 0 Å². The molecule has 1 aliphatic heterocycles. The van der Waals surface area contributed by atoms with Gasteiger partial charge < -0.3 is 37.9 Å². The van der Waals surface area contributed by atoms with Crippen LogP contribution in [0.25, 0.3) is 0 Å². The number of nitrogens with zero attached hydrogens (tertiary/aromatic N) is 2. The van der Waals surface area contributed by atoms with E-state index >= 15 is 0 Å². The maximum atomic E-state index is 14.4. The smallest absolute Gasteiger partial charge is 0.434 e. The standard InChI is InChI=1S/C52H46N2O12S2/c1-29-11-7-8-12-38(29)42-40-14-10-9-13-39(40)32(4)41-43(42)45(66-49(56)34-17-21-37(22-18-34)64-52(58)62-26-24-31(3)60-6)47-46(67-50(68-47)35(27-53)28-54)44(41)65-48(55)33-15-19-36(20-16-33)63-51(57)61-25-23-30(2)59-5/h7-22,30-32,42H,23-26H2,1-6H3. The van der Waals surface area contributed by atoms with Crippen LogP contribution in [-0.4, -0.2) is 63.9 Å². The van der Waals surface area contributed by atoms with E-state index in [-0.39, 0.29) is 65.1 Å². The third kappa shape index (κ3) is 10.9. The first-order valence-corrected chi connectivity index (χ1v) is 23.2. The zero-order valence-corrected chi connectivity index (χ0v) is 39.6. The highest BCUT2D eigenvalue weighted by Crippen LogP contribution is 2.65. The molecule has 0 amide bonds. The number of aryl methyl sites for hydroxylation is 1. The number of nitriles is 2. The molecule has 7 rings (SSSR count). The Morgan fingerprint density at radius 2 is 1.04 bits per heavy atom. The number of hydrogen-bond donors (Lipinski definition) is 0. The Kier molecular flexibility index (Phi) is 15.9. The molecule has 5 aromatic rings. The Bertz CT molecular complexity index is 2830. The average molecular weight is 955 g/mol. The summed E-state index contributed by atoms with van der Waals surface area (Å²) < 4.78 is 44.6. The molecule has 4 atom stereocenters. The Labute approximate surface area is 402 Å². The molecule has 0 radical (unpaired) electrons. The zero-order valence-electron chi connectivity index (χ0n) is 38.0. The summed E-state index contributed by atoms with van der Waals surface area (Å²) in [5.74, 6) is -1.90. The molecule has 4 unspecified atom stereocenters. The van der Waals surface area contributed by atoms with Gasteiger partial charge in [0.2, 0.25) is 0 Å². The van der Waals surface area contributed by atoms with E-state index in [1.165, 1.54) is 48.5 Å². The molecule has 16 heteroatoms. The van der Waals surface area contributed by atoms with Crippen molar-refractivity contribution in [2.75, 3.05) is 27.4 Å². The van der Waals surface area contributed by atoms with Gasteiger partial charge in [0.1, 0.15) is 29.2 Å². The molecule has 5 aromatic carbocycles. The van der Waals surface area contributed by atoms with Crippen molar-refractivity contribution < 1.29 is 57.1 Å². The fourth-order valence-electron chi connectivity index (χ4n) is 7.66. The van der Waals surface area contributed by atoms with Crippen LogP contribution in [0.3, 0.4) is 0 Å². The second kappa shape index (κ2) is 22.1. The predicted molar refractivity (Wildman–Crippen MR) is 251 cm³/mol. The second-order valence-electron chi connectivity index (χ2n) is 15.8. The highest BCUT2D eigenvalue weighted by Gasteiger charge is 2.43. The van der Waals surface area contributed by atoms with Crippen molar-refractivity contribution in [2.45, 2.75) is 74.4 Å². The monoisotopic (exact) mass is 954 g/mol. The lowest BCUT2D eigenvalue weighted by molar-refractivity contribution is 0.0618. The number of carbonyl (C=O) groups excluding carboxylic acids is 4. The molecule has 1 aliphatic carbocycles. The molecular weight excluding hydrogens is 909 g/mol. The molecule has 0 fully saturated rings. The molecule has 0 aromatic heterocycles. The van der Waals surface area contributed by atoms with Gasteiger partial charge in [-0.2, -0.15) is 10.5 Å². The fraction of sp³-hybridized carbons (Fsp3) is 0.269. The van der Waals surface area contributed by atoms with E-state index in [1.54, 1.807) is 14.2 Å². The highest BCUT2D eigenvalue weighted by molar-refractivity contribution is 8.24. The van der Waals surface area contributed by atoms with Gasteiger partial charge in [0, 0.05) is 50.0 Å². The Morgan fingerprint density at radius 3 is 1.50 bits per heavy atom. The molecule has 0 spiro atoms. The molecular formula is C52H46N2O12S2. The minimum absolute atomic E-state index is 0.0902. The van der Waals surface area contributed by atoms with Crippen LogP contribution in [0.5, 0.6) is 23.0 Å². The fourth-order valence-corrected chi connectivity index (χ4v) is 10.2. The minimum Gasteiger partial charge on any atom is -0.434 e. The van der Waals surface area contributed by atoms with E-state index in [1.807, 2.05) is 88.4 Å². The lowest BCUT2D eigenvalue weighted by Crippen LogP contribution is -2.23. The molecule has 0 saturated carbocycles. The maximum Gasteiger partial charge on any atom is 0.513 e. The Hall–Kier alpha value is -7.08. The summed E-state index contributed by atoms with van der Waals surface area (Å²) in [5, 5.41) is 20.1. The molecule has 14 nitrogen and oxygen atoms in total. The molecule has 68 heavy (non-hydrogen) atoms. The van der Waals surface area contributed by atoms with E-state index < -0.39 is 36.1 Å². The van der Waals surface area contributed by atoms with E-state index in [9.17, 15) is 29.7 Å². The number of carbonyl (C=O) groups is 4. The second-order valence-corrected chi connectivity index (χ2v) is 18.1. The van der Waals surface area contributed by atoms with Crippen LogP contribution >= 0.6 is 23.5 Å². The molecule has 0 bridgehead atoms. The van der Waals surface area contributed by atoms with Gasteiger partial charge in [0.25, 0.3) is 0 Å². The first-order valence-electron chi connectivity index (χ1n) is 21.5. The topological polar surface area (TPSA) is 190 Å². The van der Waals surface area contributed by atoms with Crippen molar-refractivity contribution >= 4 is 47.8 Å². The van der Waals surface area contributed by atoms with Gasteiger partial charge in [0.05, 0.1) is 50.6 Å². The van der Waals surface area contributed by atoms with Gasteiger partial charge in [0.15, 0.2) is 11.5 Å². The van der Waals surface area contributed by atoms with Crippen molar-refractivity contribution in [1.82, 2.24) is 0 Å². The predicted octanol–water partition coefficient (Wildman–Crippen LogP) is 11.4. The number of fused-ring (bicyclic) bond motifs is 3. The highest BCUT2D eigenvalue weighted by atomic mass is 32.2. The maximum absolute atomic E-state index is 14.4. The first kappa shape index (κ1) is 48.8. The Balaban J connectivity index is 1.31. The molecule has 2 aliphatic rings. The van der Waals surface area contributed by atoms with Crippen molar-refractivity contribution in [3.05, 3.63) is 151 Å². The van der Waals surface area contributed by atoms with Gasteiger partial charge in [-0.3, -0.25) is 0 Å². The van der Waals surface area contributed by atoms with Crippen LogP contribution in [0.15, 0.2) is 117 Å². The molecule has 0 saturated heterocycles. The third-order valence-corrected chi connectivity index (χ3v) is 14.1. The average Bonchev–Trinajstić information content (AvgIpc) is 3.79. The summed E-state index contributed by atoms with van der Waals surface area (Å²) in [6.45, 7) is 7.84. The van der Waals surface area contributed by atoms with Crippen LogP contribution in [0.1, 0.15) is 99.5 Å². The van der Waals surface area contributed by atoms with Crippen molar-refractivity contribution in [2.24, 2.45) is 0 Å². The normalized spacial score (nSPS) is 15.2. The summed E-state index contributed by atoms with van der Waals surface area (Å²) in [6.07, 6.45) is -1.09. The minimum atomic E-state index is -0.914. The largest absolute Gasteiger partial charge is 0.513 e. The SMILES string of the molecule is COC(C)CCOC(=O)Oc1ccc(C(=O)Oc2c3c(c(OC(=O)c4ccc(OC(=O)OCCC(C)OC)cc4)c4c2C(C)c2ccccc2C4c2ccccc2C)SC(=C(C#N)C#N)S3)cc1. The number of thioether (sulfide) groups is 2. The van der Waals surface area contributed by atoms with E-state index in [0.29, 0.717) is 38.0 Å². The van der Waals surface area contributed by atoms with E-state index in [2.05, 4.69) is 0 Å². The molecule has 0 N–H and O–H groups in total. The first-order chi connectivity index (χ1) is 32.8. The zero-order chi connectivity index (χ0) is 48.5. The van der Waals surface area contributed by atoms with Gasteiger partial charge in [-0.05, 0) is 91.6 Å². The number of allylic oxidation sites excluding steroid dienone is 1. The number of benzene rings is 5. The summed E-state index contributed by atoms with van der Waals surface area (Å²) in [4.78, 5) is 54.3. The Morgan fingerprint density at radius 1 is 0.603 bits per heavy atom. The summed E-state index contributed by atoms with van der Waals surface area (Å²) in [7, 11) is 3.13.